The molecule has 0 aliphatic heterocycles. The maximum absolute atomic E-state index is 11.6. The van der Waals surface area contributed by atoms with E-state index in [0.717, 1.165) is 0 Å². The number of rotatable bonds is 7. The topological polar surface area (TPSA) is 97.5 Å². The van der Waals surface area contributed by atoms with Gasteiger partial charge in [0.25, 0.3) is 0 Å². The third kappa shape index (κ3) is 4.14. The number of oxime groups is 1. The molecule has 0 aliphatic carbocycles. The van der Waals surface area contributed by atoms with Gasteiger partial charge in [-0.05, 0) is 5.56 Å². The number of carbonyl (C=O) groups excluding carboxylic acids is 1. The highest BCUT2D eigenvalue weighted by atomic mass is 16.6. The first-order chi connectivity index (χ1) is 9.24. The number of nitrogens with zero attached hydrogens (tertiary/aromatic N) is 2. The molecule has 1 aromatic rings. The fourth-order valence-electron chi connectivity index (χ4n) is 1.37. The van der Waals surface area contributed by atoms with Gasteiger partial charge in [0, 0.05) is 5.56 Å². The van der Waals surface area contributed by atoms with Crippen LogP contribution in [0.25, 0.3) is 0 Å². The number of ether oxygens (including phenoxy) is 1. The minimum Gasteiger partial charge on any atom is -0.464 e. The monoisotopic (exact) mass is 266 g/mol. The van der Waals surface area contributed by atoms with Gasteiger partial charge in [0.05, 0.1) is 13.7 Å². The number of nitroso groups, excluding NO2 is 1. The predicted molar refractivity (Wildman–Crippen MR) is 67.5 cm³/mol. The average molecular weight is 266 g/mol. The van der Waals surface area contributed by atoms with E-state index in [1.165, 1.54) is 7.11 Å². The van der Waals surface area contributed by atoms with Crippen molar-refractivity contribution in [1.29, 1.82) is 0 Å². The second kappa shape index (κ2) is 7.93. The molecule has 0 bridgehead atoms. The quantitative estimate of drug-likeness (QED) is 0.259. The van der Waals surface area contributed by atoms with E-state index in [4.69, 9.17) is 4.84 Å². The molecule has 19 heavy (non-hydrogen) atoms. The Hall–Kier alpha value is -2.28. The molecule has 102 valence electrons. The Bertz CT molecular complexity index is 473. The molecule has 0 saturated heterocycles. The van der Waals surface area contributed by atoms with E-state index < -0.39 is 5.97 Å². The summed E-state index contributed by atoms with van der Waals surface area (Å²) in [6, 6.07) is 6.68. The molecular weight excluding hydrogens is 252 g/mol. The van der Waals surface area contributed by atoms with Gasteiger partial charge in [0.1, 0.15) is 13.2 Å². The van der Waals surface area contributed by atoms with E-state index in [-0.39, 0.29) is 25.5 Å². The van der Waals surface area contributed by atoms with Crippen molar-refractivity contribution in [3.05, 3.63) is 40.3 Å². The van der Waals surface area contributed by atoms with Crippen molar-refractivity contribution in [3.63, 3.8) is 0 Å². The number of aliphatic hydroxyl groups excluding tert-OH is 1. The number of hydrogen-bond acceptors (Lipinski definition) is 7. The van der Waals surface area contributed by atoms with Crippen LogP contribution in [0.15, 0.2) is 34.6 Å². The molecule has 7 heteroatoms. The van der Waals surface area contributed by atoms with E-state index in [1.807, 2.05) is 0 Å². The van der Waals surface area contributed by atoms with Crippen molar-refractivity contribution >= 4 is 11.7 Å². The first-order valence-electron chi connectivity index (χ1n) is 5.51. The first kappa shape index (κ1) is 14.8. The van der Waals surface area contributed by atoms with Crippen molar-refractivity contribution < 1.29 is 19.5 Å². The minimum absolute atomic E-state index is 0.0364. The number of carbonyl (C=O) groups is 1. The van der Waals surface area contributed by atoms with Crippen molar-refractivity contribution in [2.24, 2.45) is 10.3 Å². The van der Waals surface area contributed by atoms with E-state index in [1.54, 1.807) is 24.3 Å². The van der Waals surface area contributed by atoms with Crippen LogP contribution in [-0.4, -0.2) is 37.0 Å². The lowest BCUT2D eigenvalue weighted by Crippen LogP contribution is -2.19. The van der Waals surface area contributed by atoms with E-state index in [9.17, 15) is 14.8 Å². The van der Waals surface area contributed by atoms with Crippen LogP contribution < -0.4 is 0 Å². The Morgan fingerprint density at radius 1 is 1.37 bits per heavy atom. The maximum atomic E-state index is 11.6. The smallest absolute Gasteiger partial charge is 0.360 e. The molecule has 0 aromatic heterocycles. The Morgan fingerprint density at radius 2 is 2.11 bits per heavy atom. The second-order valence-electron chi connectivity index (χ2n) is 3.43. The largest absolute Gasteiger partial charge is 0.464 e. The molecule has 1 N–H and O–H groups in total. The van der Waals surface area contributed by atoms with E-state index >= 15 is 0 Å². The zero-order valence-corrected chi connectivity index (χ0v) is 10.4. The molecule has 0 fully saturated rings. The summed E-state index contributed by atoms with van der Waals surface area (Å²) in [7, 11) is 1.21. The summed E-state index contributed by atoms with van der Waals surface area (Å²) in [6.45, 7) is -0.354. The van der Waals surface area contributed by atoms with Gasteiger partial charge in [0.15, 0.2) is 5.71 Å². The first-order valence-corrected chi connectivity index (χ1v) is 5.51. The van der Waals surface area contributed by atoms with Crippen LogP contribution in [0.5, 0.6) is 0 Å². The molecule has 0 atom stereocenters. The van der Waals surface area contributed by atoms with Crippen LogP contribution >= 0.6 is 0 Å². The summed E-state index contributed by atoms with van der Waals surface area (Å²) >= 11 is 0. The standard InChI is InChI=1S/C12H14N2O5/c1-18-12(16)11(14-19-7-6-13-17)10-5-3-2-4-9(10)8-15/h2-5,15H,6-8H2,1H3/b14-11+. The fourth-order valence-corrected chi connectivity index (χ4v) is 1.37. The summed E-state index contributed by atoms with van der Waals surface area (Å²) in [4.78, 5) is 26.4. The third-order valence-corrected chi connectivity index (χ3v) is 2.25. The molecule has 7 nitrogen and oxygen atoms in total. The molecule has 0 amide bonds. The van der Waals surface area contributed by atoms with Crippen LogP contribution in [0, 0.1) is 4.91 Å². The number of benzene rings is 1. The zero-order chi connectivity index (χ0) is 14.1. The molecule has 0 radical (unpaired) electrons. The number of methoxy groups -OCH3 is 1. The van der Waals surface area contributed by atoms with Gasteiger partial charge in [0.2, 0.25) is 0 Å². The summed E-state index contributed by atoms with van der Waals surface area (Å²) in [5.74, 6) is -0.694. The average Bonchev–Trinajstić information content (AvgIpc) is 2.46. The molecule has 0 saturated carbocycles. The zero-order valence-electron chi connectivity index (χ0n) is 10.4. The van der Waals surface area contributed by atoms with Crippen molar-refractivity contribution in [1.82, 2.24) is 0 Å². The van der Waals surface area contributed by atoms with Crippen molar-refractivity contribution in [2.45, 2.75) is 6.61 Å². The Balaban J connectivity index is 3.02. The number of esters is 1. The number of aliphatic hydroxyl groups is 1. The lowest BCUT2D eigenvalue weighted by atomic mass is 10.0. The Labute approximate surface area is 109 Å². The molecular formula is C12H14N2O5. The minimum atomic E-state index is -0.694. The summed E-state index contributed by atoms with van der Waals surface area (Å²) in [6.07, 6.45) is 0. The van der Waals surface area contributed by atoms with Gasteiger partial charge in [-0.25, -0.2) is 4.79 Å². The molecule has 1 aromatic carbocycles. The van der Waals surface area contributed by atoms with Crippen LogP contribution in [0.3, 0.4) is 0 Å². The van der Waals surface area contributed by atoms with Gasteiger partial charge in [-0.2, -0.15) is 4.91 Å². The molecule has 0 heterocycles. The number of hydrogen-bond donors (Lipinski definition) is 1. The van der Waals surface area contributed by atoms with Crippen molar-refractivity contribution in [3.8, 4) is 0 Å². The van der Waals surface area contributed by atoms with Crippen LogP contribution in [0.2, 0.25) is 0 Å². The second-order valence-corrected chi connectivity index (χ2v) is 3.43. The highest BCUT2D eigenvalue weighted by molar-refractivity contribution is 6.43. The highest BCUT2D eigenvalue weighted by Gasteiger charge is 2.18. The van der Waals surface area contributed by atoms with Gasteiger partial charge < -0.3 is 14.7 Å². The maximum Gasteiger partial charge on any atom is 0.360 e. The molecule has 0 aliphatic rings. The summed E-state index contributed by atoms with van der Waals surface area (Å²) in [5.41, 5.74) is 0.859. The van der Waals surface area contributed by atoms with Crippen LogP contribution in [0.4, 0.5) is 0 Å². The predicted octanol–water partition coefficient (Wildman–Crippen LogP) is 0.839. The van der Waals surface area contributed by atoms with Crippen molar-refractivity contribution in [2.75, 3.05) is 20.3 Å². The molecule has 0 spiro atoms. The fraction of sp³-hybridized carbons (Fsp3) is 0.333. The van der Waals surface area contributed by atoms with Crippen LogP contribution in [-0.2, 0) is 21.0 Å². The molecule has 1 rings (SSSR count). The van der Waals surface area contributed by atoms with E-state index in [0.29, 0.717) is 11.1 Å². The van der Waals surface area contributed by atoms with E-state index in [2.05, 4.69) is 15.1 Å². The van der Waals surface area contributed by atoms with Gasteiger partial charge in [-0.15, -0.1) is 0 Å². The highest BCUT2D eigenvalue weighted by Crippen LogP contribution is 2.11. The summed E-state index contributed by atoms with van der Waals surface area (Å²) in [5, 5.41) is 15.5. The SMILES string of the molecule is COC(=O)/C(=N/OCCN=O)c1ccccc1CO. The van der Waals surface area contributed by atoms with Gasteiger partial charge >= 0.3 is 5.97 Å². The Morgan fingerprint density at radius 3 is 2.74 bits per heavy atom. The third-order valence-electron chi connectivity index (χ3n) is 2.25. The Kier molecular flexibility index (Phi) is 6.17. The lowest BCUT2D eigenvalue weighted by Gasteiger charge is -2.08. The normalized spacial score (nSPS) is 10.9. The molecule has 0 unspecified atom stereocenters. The summed E-state index contributed by atoms with van der Waals surface area (Å²) < 4.78 is 4.61. The van der Waals surface area contributed by atoms with Gasteiger partial charge in [-0.1, -0.05) is 34.6 Å². The van der Waals surface area contributed by atoms with Gasteiger partial charge in [-0.3, -0.25) is 0 Å². The van der Waals surface area contributed by atoms with Crippen LogP contribution in [0.1, 0.15) is 11.1 Å². The lowest BCUT2D eigenvalue weighted by molar-refractivity contribution is -0.132.